The van der Waals surface area contributed by atoms with Crippen LogP contribution in [0, 0.1) is 11.8 Å². The Balaban J connectivity index is 0.00000243. The predicted octanol–water partition coefficient (Wildman–Crippen LogP) is 2.74. The highest BCUT2D eigenvalue weighted by molar-refractivity contribution is 6.02. The number of para-hydroxylation sites is 1. The monoisotopic (exact) mass is 379 g/mol. The Labute approximate surface area is 162 Å². The first kappa shape index (κ1) is 20.7. The molecule has 4 unspecified atom stereocenters. The van der Waals surface area contributed by atoms with Crippen molar-refractivity contribution in [2.45, 2.75) is 51.6 Å². The van der Waals surface area contributed by atoms with Crippen molar-refractivity contribution in [1.82, 2.24) is 10.6 Å². The van der Waals surface area contributed by atoms with Crippen LogP contribution in [0.15, 0.2) is 30.3 Å². The Morgan fingerprint density at radius 1 is 1.35 bits per heavy atom. The van der Waals surface area contributed by atoms with Gasteiger partial charge in [-0.15, -0.1) is 12.4 Å². The molecular formula is C20H30ClN3O2. The van der Waals surface area contributed by atoms with Crippen molar-refractivity contribution in [3.05, 3.63) is 30.3 Å². The highest BCUT2D eigenvalue weighted by Crippen LogP contribution is 2.27. The lowest BCUT2D eigenvalue weighted by molar-refractivity contribution is -0.127. The van der Waals surface area contributed by atoms with E-state index < -0.39 is 6.04 Å². The van der Waals surface area contributed by atoms with Gasteiger partial charge in [0, 0.05) is 18.2 Å². The normalized spacial score (nSPS) is 26.9. The van der Waals surface area contributed by atoms with E-state index in [1.54, 1.807) is 4.90 Å². The fourth-order valence-corrected chi connectivity index (χ4v) is 4.10. The van der Waals surface area contributed by atoms with Gasteiger partial charge in [-0.25, -0.2) is 0 Å². The number of nitrogens with one attached hydrogen (secondary N) is 2. The largest absolute Gasteiger partial charge is 0.344 e. The van der Waals surface area contributed by atoms with E-state index in [1.807, 2.05) is 37.3 Å². The van der Waals surface area contributed by atoms with Crippen LogP contribution < -0.4 is 15.5 Å². The Morgan fingerprint density at radius 2 is 2.08 bits per heavy atom. The Kier molecular flexibility index (Phi) is 7.47. The fourth-order valence-electron chi connectivity index (χ4n) is 4.10. The molecule has 4 atom stereocenters. The second-order valence-corrected chi connectivity index (χ2v) is 7.54. The summed E-state index contributed by atoms with van der Waals surface area (Å²) in [6, 6.07) is 9.38. The van der Waals surface area contributed by atoms with Crippen LogP contribution in [0.4, 0.5) is 5.69 Å². The molecule has 2 heterocycles. The summed E-state index contributed by atoms with van der Waals surface area (Å²) < 4.78 is 0. The standard InChI is InChI=1S/C20H29N3O2.ClH/c1-14(16-7-6-10-21-13-16)11-19(24)22-18-12-15(2)23(20(18)25)17-8-4-3-5-9-17;/h3-5,8-9,14-16,18,21H,6-7,10-13H2,1-2H3,(H,22,24);1H. The molecule has 0 aromatic heterocycles. The van der Waals surface area contributed by atoms with E-state index in [4.69, 9.17) is 0 Å². The minimum atomic E-state index is -0.403. The molecule has 2 saturated heterocycles. The van der Waals surface area contributed by atoms with Gasteiger partial charge in [0.1, 0.15) is 6.04 Å². The van der Waals surface area contributed by atoms with Gasteiger partial charge in [-0.3, -0.25) is 9.59 Å². The molecule has 0 aliphatic carbocycles. The summed E-state index contributed by atoms with van der Waals surface area (Å²) in [5.74, 6) is 0.892. The predicted molar refractivity (Wildman–Crippen MR) is 107 cm³/mol. The van der Waals surface area contributed by atoms with Crippen LogP contribution in [0.2, 0.25) is 0 Å². The maximum absolute atomic E-state index is 12.7. The molecule has 26 heavy (non-hydrogen) atoms. The van der Waals surface area contributed by atoms with Gasteiger partial charge in [0.15, 0.2) is 0 Å². The Morgan fingerprint density at radius 3 is 2.73 bits per heavy atom. The number of rotatable bonds is 5. The second kappa shape index (κ2) is 9.38. The van der Waals surface area contributed by atoms with Gasteiger partial charge < -0.3 is 15.5 Å². The second-order valence-electron chi connectivity index (χ2n) is 7.54. The minimum absolute atomic E-state index is 0. The first-order valence-electron chi connectivity index (χ1n) is 9.44. The number of halogens is 1. The molecule has 5 nitrogen and oxygen atoms in total. The van der Waals surface area contributed by atoms with Gasteiger partial charge in [0.05, 0.1) is 0 Å². The van der Waals surface area contributed by atoms with E-state index in [9.17, 15) is 9.59 Å². The average molecular weight is 380 g/mol. The number of amides is 2. The van der Waals surface area contributed by atoms with Gasteiger partial charge in [-0.05, 0) is 63.2 Å². The summed E-state index contributed by atoms with van der Waals surface area (Å²) in [7, 11) is 0. The lowest BCUT2D eigenvalue weighted by atomic mass is 9.85. The number of carbonyl (C=O) groups excluding carboxylic acids is 2. The van der Waals surface area contributed by atoms with Crippen molar-refractivity contribution >= 4 is 29.9 Å². The third-order valence-corrected chi connectivity index (χ3v) is 5.57. The van der Waals surface area contributed by atoms with Crippen molar-refractivity contribution in [1.29, 1.82) is 0 Å². The molecule has 0 bridgehead atoms. The van der Waals surface area contributed by atoms with E-state index in [1.165, 1.54) is 12.8 Å². The van der Waals surface area contributed by atoms with Gasteiger partial charge >= 0.3 is 0 Å². The molecule has 2 amide bonds. The van der Waals surface area contributed by atoms with Crippen LogP contribution in [-0.4, -0.2) is 37.0 Å². The molecule has 1 aromatic rings. The van der Waals surface area contributed by atoms with Gasteiger partial charge in [0.25, 0.3) is 0 Å². The zero-order valence-corrected chi connectivity index (χ0v) is 16.4. The molecule has 0 spiro atoms. The van der Waals surface area contributed by atoms with E-state index in [0.29, 0.717) is 24.7 Å². The summed E-state index contributed by atoms with van der Waals surface area (Å²) in [5.41, 5.74) is 0.901. The zero-order chi connectivity index (χ0) is 17.8. The van der Waals surface area contributed by atoms with Crippen molar-refractivity contribution in [2.75, 3.05) is 18.0 Å². The van der Waals surface area contributed by atoms with E-state index in [2.05, 4.69) is 17.6 Å². The number of anilines is 1. The molecular weight excluding hydrogens is 350 g/mol. The zero-order valence-electron chi connectivity index (χ0n) is 15.6. The summed E-state index contributed by atoms with van der Waals surface area (Å²) in [5, 5.41) is 6.38. The lowest BCUT2D eigenvalue weighted by Gasteiger charge is -2.28. The highest BCUT2D eigenvalue weighted by Gasteiger charge is 2.38. The van der Waals surface area contributed by atoms with Crippen molar-refractivity contribution in [3.8, 4) is 0 Å². The van der Waals surface area contributed by atoms with Crippen LogP contribution in [-0.2, 0) is 9.59 Å². The molecule has 0 radical (unpaired) electrons. The number of hydrogen-bond donors (Lipinski definition) is 2. The summed E-state index contributed by atoms with van der Waals surface area (Å²) in [6.45, 7) is 6.26. The van der Waals surface area contributed by atoms with Gasteiger partial charge in [-0.2, -0.15) is 0 Å². The van der Waals surface area contributed by atoms with Crippen molar-refractivity contribution < 1.29 is 9.59 Å². The number of carbonyl (C=O) groups is 2. The van der Waals surface area contributed by atoms with Crippen LogP contribution >= 0.6 is 12.4 Å². The minimum Gasteiger partial charge on any atom is -0.344 e. The van der Waals surface area contributed by atoms with Gasteiger partial charge in [0.2, 0.25) is 11.8 Å². The van der Waals surface area contributed by atoms with Crippen LogP contribution in [0.5, 0.6) is 0 Å². The summed E-state index contributed by atoms with van der Waals surface area (Å²) >= 11 is 0. The average Bonchev–Trinajstić information content (AvgIpc) is 2.89. The third kappa shape index (κ3) is 4.77. The Hall–Kier alpha value is -1.59. The third-order valence-electron chi connectivity index (χ3n) is 5.57. The van der Waals surface area contributed by atoms with E-state index >= 15 is 0 Å². The lowest BCUT2D eigenvalue weighted by Crippen LogP contribution is -2.43. The quantitative estimate of drug-likeness (QED) is 0.826. The van der Waals surface area contributed by atoms with Crippen molar-refractivity contribution in [3.63, 3.8) is 0 Å². The Bertz CT molecular complexity index is 604. The number of benzene rings is 1. The maximum atomic E-state index is 12.7. The highest BCUT2D eigenvalue weighted by atomic mass is 35.5. The van der Waals surface area contributed by atoms with Crippen LogP contribution in [0.3, 0.4) is 0 Å². The smallest absolute Gasteiger partial charge is 0.249 e. The molecule has 144 valence electrons. The number of nitrogens with zero attached hydrogens (tertiary/aromatic N) is 1. The molecule has 0 saturated carbocycles. The number of hydrogen-bond acceptors (Lipinski definition) is 3. The molecule has 3 rings (SSSR count). The molecule has 1 aromatic carbocycles. The SMILES string of the molecule is CC(CC(=O)NC1CC(C)N(c2ccccc2)C1=O)C1CCCNC1.Cl. The van der Waals surface area contributed by atoms with E-state index in [-0.39, 0.29) is 30.3 Å². The summed E-state index contributed by atoms with van der Waals surface area (Å²) in [6.07, 6.45) is 3.53. The maximum Gasteiger partial charge on any atom is 0.249 e. The molecule has 6 heteroatoms. The molecule has 2 aliphatic heterocycles. The topological polar surface area (TPSA) is 61.4 Å². The fraction of sp³-hybridized carbons (Fsp3) is 0.600. The van der Waals surface area contributed by atoms with Crippen LogP contribution in [0.1, 0.15) is 39.5 Å². The van der Waals surface area contributed by atoms with Crippen molar-refractivity contribution in [2.24, 2.45) is 11.8 Å². The molecule has 2 N–H and O–H groups in total. The first-order chi connectivity index (χ1) is 12.1. The summed E-state index contributed by atoms with van der Waals surface area (Å²) in [4.78, 5) is 27.0. The molecule has 2 fully saturated rings. The van der Waals surface area contributed by atoms with Crippen LogP contribution in [0.25, 0.3) is 0 Å². The molecule has 2 aliphatic rings. The first-order valence-corrected chi connectivity index (χ1v) is 9.44. The van der Waals surface area contributed by atoms with Gasteiger partial charge in [-0.1, -0.05) is 25.1 Å². The number of piperidine rings is 1. The van der Waals surface area contributed by atoms with E-state index in [0.717, 1.165) is 18.8 Å².